The van der Waals surface area contributed by atoms with Gasteiger partial charge in [0.15, 0.2) is 0 Å². The van der Waals surface area contributed by atoms with E-state index in [1.807, 2.05) is 18.2 Å². The summed E-state index contributed by atoms with van der Waals surface area (Å²) in [4.78, 5) is 40.2. The highest BCUT2D eigenvalue weighted by molar-refractivity contribution is 7.99. The molecule has 1 aromatic carbocycles. The van der Waals surface area contributed by atoms with E-state index in [1.54, 1.807) is 25.6 Å². The number of benzene rings is 1. The van der Waals surface area contributed by atoms with Crippen LogP contribution in [-0.2, 0) is 20.9 Å². The summed E-state index contributed by atoms with van der Waals surface area (Å²) in [7, 11) is 0. The van der Waals surface area contributed by atoms with Gasteiger partial charge in [-0.3, -0.25) is 14.5 Å². The van der Waals surface area contributed by atoms with Crippen LogP contribution in [-0.4, -0.2) is 77.2 Å². The van der Waals surface area contributed by atoms with E-state index in [-0.39, 0.29) is 17.9 Å². The minimum atomic E-state index is -0.649. The van der Waals surface area contributed by atoms with Gasteiger partial charge in [-0.05, 0) is 43.9 Å². The van der Waals surface area contributed by atoms with Crippen LogP contribution in [0.3, 0.4) is 0 Å². The van der Waals surface area contributed by atoms with Crippen molar-refractivity contribution >= 4 is 41.4 Å². The molecular formula is C27H42N4O4S2. The van der Waals surface area contributed by atoms with Crippen LogP contribution in [0.15, 0.2) is 30.3 Å². The molecule has 3 rings (SSSR count). The summed E-state index contributed by atoms with van der Waals surface area (Å²) in [6.45, 7) is 5.40. The lowest BCUT2D eigenvalue weighted by Gasteiger charge is -2.26. The van der Waals surface area contributed by atoms with Crippen molar-refractivity contribution in [3.63, 3.8) is 0 Å². The third kappa shape index (κ3) is 10.4. The number of hydrogen-bond acceptors (Lipinski definition) is 7. The largest absolute Gasteiger partial charge is 0.447 e. The third-order valence-electron chi connectivity index (χ3n) is 6.52. The van der Waals surface area contributed by atoms with Gasteiger partial charge in [-0.1, -0.05) is 49.6 Å². The van der Waals surface area contributed by atoms with Crippen molar-refractivity contribution in [2.75, 3.05) is 36.2 Å². The van der Waals surface area contributed by atoms with Gasteiger partial charge in [-0.2, -0.15) is 11.8 Å². The Labute approximate surface area is 229 Å². The Balaban J connectivity index is 1.51. The number of amides is 3. The summed E-state index contributed by atoms with van der Waals surface area (Å²) in [6, 6.07) is 8.82. The minimum Gasteiger partial charge on any atom is -0.447 e. The molecule has 0 radical (unpaired) electrons. The average molecular weight is 551 g/mol. The molecule has 1 aliphatic carbocycles. The topological polar surface area (TPSA) is 99.8 Å². The highest BCUT2D eigenvalue weighted by Crippen LogP contribution is 2.27. The Kier molecular flexibility index (Phi) is 12.9. The van der Waals surface area contributed by atoms with E-state index in [4.69, 9.17) is 4.74 Å². The molecule has 8 nitrogen and oxygen atoms in total. The van der Waals surface area contributed by atoms with E-state index in [2.05, 4.69) is 28.1 Å². The smallest absolute Gasteiger partial charge is 0.411 e. The molecule has 0 unspecified atom stereocenters. The first-order valence-electron chi connectivity index (χ1n) is 13.4. The summed E-state index contributed by atoms with van der Waals surface area (Å²) in [5.41, 5.74) is 1.19. The maximum atomic E-state index is 13.2. The first kappa shape index (κ1) is 29.6. The first-order chi connectivity index (χ1) is 17.9. The maximum absolute atomic E-state index is 13.2. The van der Waals surface area contributed by atoms with Gasteiger partial charge < -0.3 is 20.7 Å². The normalized spacial score (nSPS) is 19.0. The first-order valence-corrected chi connectivity index (χ1v) is 15.7. The van der Waals surface area contributed by atoms with E-state index in [0.717, 1.165) is 12.3 Å². The molecule has 1 aliphatic heterocycles. The molecule has 2 atom stereocenters. The van der Waals surface area contributed by atoms with Crippen molar-refractivity contribution in [2.24, 2.45) is 5.92 Å². The van der Waals surface area contributed by atoms with Gasteiger partial charge in [0, 0.05) is 31.1 Å². The Bertz CT molecular complexity index is 852. The number of nitrogens with zero attached hydrogens (tertiary/aromatic N) is 1. The van der Waals surface area contributed by atoms with Crippen LogP contribution in [0.4, 0.5) is 4.79 Å². The quantitative estimate of drug-likeness (QED) is 0.323. The Morgan fingerprint density at radius 2 is 1.86 bits per heavy atom. The highest BCUT2D eigenvalue weighted by Gasteiger charge is 2.37. The second-order valence-corrected chi connectivity index (χ2v) is 12.0. The SMILES string of the molecule is CC(C)OC(=O)N1CSC[C@H]1C(=O)N[C@@H](CSCC1CCCCC1)C(=O)NCCNCc1ccccc1. The average Bonchev–Trinajstić information content (AvgIpc) is 3.39. The molecular weight excluding hydrogens is 508 g/mol. The molecule has 0 spiro atoms. The Hall–Kier alpha value is -1.91. The van der Waals surface area contributed by atoms with Gasteiger partial charge in [0.05, 0.1) is 12.0 Å². The predicted octanol–water partition coefficient (Wildman–Crippen LogP) is 3.61. The van der Waals surface area contributed by atoms with Gasteiger partial charge in [0.25, 0.3) is 0 Å². The van der Waals surface area contributed by atoms with Gasteiger partial charge in [0.2, 0.25) is 11.8 Å². The number of thioether (sulfide) groups is 2. The standard InChI is InChI=1S/C27H42N4O4S2/c1-20(2)35-27(34)31-19-37-18-24(31)26(33)30-23(17-36-16-22-11-7-4-8-12-22)25(32)29-14-13-28-15-21-9-5-3-6-10-21/h3,5-6,9-10,20,22-24,28H,4,7-8,11-19H2,1-2H3,(H,29,32)(H,30,33)/t23-,24-/m0/s1. The molecule has 0 bridgehead atoms. The number of hydrogen-bond donors (Lipinski definition) is 3. The molecule has 1 aromatic rings. The monoisotopic (exact) mass is 550 g/mol. The molecule has 1 heterocycles. The van der Waals surface area contributed by atoms with Crippen molar-refractivity contribution < 1.29 is 19.1 Å². The van der Waals surface area contributed by atoms with Crippen LogP contribution >= 0.6 is 23.5 Å². The molecule has 1 saturated heterocycles. The van der Waals surface area contributed by atoms with Crippen molar-refractivity contribution in [3.8, 4) is 0 Å². The fourth-order valence-electron chi connectivity index (χ4n) is 4.49. The summed E-state index contributed by atoms with van der Waals surface area (Å²) in [6.07, 6.45) is 5.62. The number of nitrogens with one attached hydrogen (secondary N) is 3. The molecule has 2 fully saturated rings. The van der Waals surface area contributed by atoms with Crippen molar-refractivity contribution in [1.82, 2.24) is 20.9 Å². The van der Waals surface area contributed by atoms with Crippen LogP contribution in [0.1, 0.15) is 51.5 Å². The van der Waals surface area contributed by atoms with Crippen molar-refractivity contribution in [1.29, 1.82) is 0 Å². The summed E-state index contributed by atoms with van der Waals surface area (Å²) in [5.74, 6) is 2.62. The molecule has 3 N–H and O–H groups in total. The lowest BCUT2D eigenvalue weighted by Crippen LogP contribution is -2.55. The van der Waals surface area contributed by atoms with E-state index < -0.39 is 18.2 Å². The minimum absolute atomic E-state index is 0.187. The zero-order valence-corrected chi connectivity index (χ0v) is 23.7. The lowest BCUT2D eigenvalue weighted by atomic mass is 9.91. The highest BCUT2D eigenvalue weighted by atomic mass is 32.2. The van der Waals surface area contributed by atoms with E-state index in [1.165, 1.54) is 54.3 Å². The summed E-state index contributed by atoms with van der Waals surface area (Å²) >= 11 is 3.25. The van der Waals surface area contributed by atoms with Crippen LogP contribution in [0.25, 0.3) is 0 Å². The molecule has 37 heavy (non-hydrogen) atoms. The van der Waals surface area contributed by atoms with E-state index >= 15 is 0 Å². The predicted molar refractivity (Wildman–Crippen MR) is 152 cm³/mol. The second-order valence-electron chi connectivity index (χ2n) is 9.97. The molecule has 10 heteroatoms. The number of ether oxygens (including phenoxy) is 1. The molecule has 0 aromatic heterocycles. The summed E-state index contributed by atoms with van der Waals surface area (Å²) < 4.78 is 5.31. The van der Waals surface area contributed by atoms with Gasteiger partial charge in [-0.25, -0.2) is 4.79 Å². The van der Waals surface area contributed by atoms with Crippen LogP contribution in [0, 0.1) is 5.92 Å². The zero-order valence-electron chi connectivity index (χ0n) is 22.1. The lowest BCUT2D eigenvalue weighted by molar-refractivity contribution is -0.130. The number of carbonyl (C=O) groups excluding carboxylic acids is 3. The number of carbonyl (C=O) groups is 3. The van der Waals surface area contributed by atoms with Crippen LogP contribution in [0.5, 0.6) is 0 Å². The van der Waals surface area contributed by atoms with Crippen molar-refractivity contribution in [2.45, 2.75) is 70.7 Å². The van der Waals surface area contributed by atoms with Crippen LogP contribution in [0.2, 0.25) is 0 Å². The maximum Gasteiger partial charge on any atom is 0.411 e. The molecule has 1 saturated carbocycles. The van der Waals surface area contributed by atoms with E-state index in [0.29, 0.717) is 36.4 Å². The van der Waals surface area contributed by atoms with Gasteiger partial charge >= 0.3 is 6.09 Å². The fourth-order valence-corrected chi connectivity index (χ4v) is 6.91. The van der Waals surface area contributed by atoms with Gasteiger partial charge in [-0.15, -0.1) is 11.8 Å². The van der Waals surface area contributed by atoms with Crippen LogP contribution < -0.4 is 16.0 Å². The fraction of sp³-hybridized carbons (Fsp3) is 0.667. The molecule has 206 valence electrons. The Morgan fingerprint density at radius 3 is 2.59 bits per heavy atom. The number of rotatable bonds is 13. The molecule has 3 amide bonds. The molecule has 2 aliphatic rings. The third-order valence-corrected chi connectivity index (χ3v) is 8.81. The summed E-state index contributed by atoms with van der Waals surface area (Å²) in [5, 5.41) is 9.25. The second kappa shape index (κ2) is 16.1. The Morgan fingerprint density at radius 1 is 1.11 bits per heavy atom. The van der Waals surface area contributed by atoms with Crippen molar-refractivity contribution in [3.05, 3.63) is 35.9 Å². The van der Waals surface area contributed by atoms with Gasteiger partial charge in [0.1, 0.15) is 12.1 Å². The zero-order chi connectivity index (χ0) is 26.5. The van der Waals surface area contributed by atoms with E-state index in [9.17, 15) is 14.4 Å².